The highest BCUT2D eigenvalue weighted by Gasteiger charge is 2.53. The molecular formula is C21H21ClO6. The van der Waals surface area contributed by atoms with Gasteiger partial charge in [0.15, 0.2) is 0 Å². The van der Waals surface area contributed by atoms with E-state index in [1.807, 2.05) is 12.1 Å². The number of hydrogen-bond acceptors (Lipinski definition) is 6. The number of ether oxygens (including phenoxy) is 1. The Balaban J connectivity index is 1.94. The Hall–Kier alpha value is -1.95. The first-order valence-electron chi connectivity index (χ1n) is 8.70. The van der Waals surface area contributed by atoms with Crippen molar-refractivity contribution < 1.29 is 30.3 Å². The van der Waals surface area contributed by atoms with Crippen LogP contribution >= 0.6 is 11.6 Å². The van der Waals surface area contributed by atoms with Gasteiger partial charge in [0.05, 0.1) is 6.61 Å². The summed E-state index contributed by atoms with van der Waals surface area (Å²) >= 11 is 6.29. The van der Waals surface area contributed by atoms with E-state index in [-0.39, 0.29) is 5.56 Å². The van der Waals surface area contributed by atoms with Crippen LogP contribution in [-0.2, 0) is 16.9 Å². The highest BCUT2D eigenvalue weighted by molar-refractivity contribution is 6.31. The lowest BCUT2D eigenvalue weighted by molar-refractivity contribution is -0.357. The van der Waals surface area contributed by atoms with Crippen LogP contribution in [0.3, 0.4) is 0 Å². The summed E-state index contributed by atoms with van der Waals surface area (Å²) in [6, 6.07) is 11.9. The Morgan fingerprint density at radius 2 is 1.75 bits per heavy atom. The fraction of sp³-hybridized carbons (Fsp3) is 0.333. The molecule has 5 N–H and O–H groups in total. The molecule has 1 heterocycles. The van der Waals surface area contributed by atoms with Gasteiger partial charge in [-0.3, -0.25) is 0 Å². The average molecular weight is 405 g/mol. The standard InChI is InChI=1S/C21H21ClO6/c1-2-12-3-5-13(6-4-12)9-14-10-15(7-8-16(14)22)21(27)20(26)19(25)18(24)17(11-23)28-21/h1,3-8,10,17-20,23-27H,9,11H2/t17-,18-,19+,20-,21?/m1/s1. The molecular weight excluding hydrogens is 384 g/mol. The van der Waals surface area contributed by atoms with E-state index >= 15 is 0 Å². The monoisotopic (exact) mass is 404 g/mol. The van der Waals surface area contributed by atoms with Crippen LogP contribution < -0.4 is 0 Å². The van der Waals surface area contributed by atoms with E-state index in [2.05, 4.69) is 5.92 Å². The summed E-state index contributed by atoms with van der Waals surface area (Å²) in [5.41, 5.74) is 2.47. The van der Waals surface area contributed by atoms with Gasteiger partial charge in [0.25, 0.3) is 0 Å². The topological polar surface area (TPSA) is 110 Å². The summed E-state index contributed by atoms with van der Waals surface area (Å²) in [7, 11) is 0. The van der Waals surface area contributed by atoms with Crippen molar-refractivity contribution in [1.29, 1.82) is 0 Å². The highest BCUT2D eigenvalue weighted by Crippen LogP contribution is 2.37. The molecule has 1 saturated heterocycles. The molecule has 1 fully saturated rings. The molecule has 6 nitrogen and oxygen atoms in total. The maximum atomic E-state index is 10.9. The van der Waals surface area contributed by atoms with Crippen molar-refractivity contribution in [2.24, 2.45) is 0 Å². The zero-order valence-corrected chi connectivity index (χ0v) is 15.6. The lowest BCUT2D eigenvalue weighted by atomic mass is 9.87. The Kier molecular flexibility index (Phi) is 6.08. The van der Waals surface area contributed by atoms with Crippen LogP contribution in [0.15, 0.2) is 42.5 Å². The number of hydrogen-bond donors (Lipinski definition) is 5. The molecule has 0 aromatic heterocycles. The molecule has 148 valence electrons. The van der Waals surface area contributed by atoms with Gasteiger partial charge in [-0.1, -0.05) is 35.7 Å². The van der Waals surface area contributed by atoms with Gasteiger partial charge in [-0.2, -0.15) is 0 Å². The zero-order valence-electron chi connectivity index (χ0n) is 14.9. The SMILES string of the molecule is C#Cc1ccc(Cc2cc(C3(O)O[C@H](CO)[C@@H](O)[C@H](O)[C@H]3O)ccc2Cl)cc1. The molecule has 2 aromatic carbocycles. The van der Waals surface area contributed by atoms with Gasteiger partial charge >= 0.3 is 0 Å². The van der Waals surface area contributed by atoms with Gasteiger partial charge in [0.1, 0.15) is 24.4 Å². The zero-order chi connectivity index (χ0) is 20.5. The molecule has 0 aliphatic carbocycles. The second-order valence-electron chi connectivity index (χ2n) is 6.79. The lowest BCUT2D eigenvalue weighted by Crippen LogP contribution is -2.63. The molecule has 0 spiro atoms. The Labute approximate surface area is 167 Å². The molecule has 0 saturated carbocycles. The van der Waals surface area contributed by atoms with Crippen molar-refractivity contribution in [3.63, 3.8) is 0 Å². The maximum Gasteiger partial charge on any atom is 0.222 e. The summed E-state index contributed by atoms with van der Waals surface area (Å²) in [6.07, 6.45) is -0.546. The highest BCUT2D eigenvalue weighted by atomic mass is 35.5. The predicted molar refractivity (Wildman–Crippen MR) is 103 cm³/mol. The third kappa shape index (κ3) is 3.79. The van der Waals surface area contributed by atoms with Gasteiger partial charge < -0.3 is 30.3 Å². The summed E-state index contributed by atoms with van der Waals surface area (Å²) < 4.78 is 5.36. The molecule has 1 aliphatic heterocycles. The average Bonchev–Trinajstić information content (AvgIpc) is 2.71. The normalized spacial score (nSPS) is 30.0. The number of rotatable bonds is 4. The molecule has 7 heteroatoms. The largest absolute Gasteiger partial charge is 0.394 e. The summed E-state index contributed by atoms with van der Waals surface area (Å²) in [5.74, 6) is 0.220. The van der Waals surface area contributed by atoms with E-state index in [1.165, 1.54) is 6.07 Å². The van der Waals surface area contributed by atoms with Crippen molar-refractivity contribution in [3.05, 3.63) is 69.7 Å². The molecule has 5 atom stereocenters. The first-order chi connectivity index (χ1) is 13.3. The fourth-order valence-electron chi connectivity index (χ4n) is 3.26. The van der Waals surface area contributed by atoms with Gasteiger partial charge in [-0.15, -0.1) is 6.42 Å². The molecule has 1 aliphatic rings. The second-order valence-corrected chi connectivity index (χ2v) is 7.19. The number of aliphatic hydroxyl groups excluding tert-OH is 4. The summed E-state index contributed by atoms with van der Waals surface area (Å²) in [4.78, 5) is 0. The molecule has 28 heavy (non-hydrogen) atoms. The predicted octanol–water partition coefficient (Wildman–Crippen LogP) is 0.531. The third-order valence-corrected chi connectivity index (χ3v) is 5.31. The van der Waals surface area contributed by atoms with E-state index in [0.29, 0.717) is 17.0 Å². The van der Waals surface area contributed by atoms with Gasteiger partial charge in [0, 0.05) is 16.1 Å². The van der Waals surface area contributed by atoms with E-state index in [1.54, 1.807) is 24.3 Å². The van der Waals surface area contributed by atoms with Gasteiger partial charge in [-0.05, 0) is 41.8 Å². The Morgan fingerprint density at radius 1 is 1.07 bits per heavy atom. The van der Waals surface area contributed by atoms with Crippen molar-refractivity contribution in [2.45, 2.75) is 36.6 Å². The Morgan fingerprint density at radius 3 is 2.36 bits per heavy atom. The van der Waals surface area contributed by atoms with Crippen LogP contribution in [0.4, 0.5) is 0 Å². The third-order valence-electron chi connectivity index (χ3n) is 4.94. The summed E-state index contributed by atoms with van der Waals surface area (Å²) in [6.45, 7) is -0.644. The van der Waals surface area contributed by atoms with Crippen molar-refractivity contribution in [1.82, 2.24) is 0 Å². The first-order valence-corrected chi connectivity index (χ1v) is 9.07. The van der Waals surface area contributed by atoms with Crippen LogP contribution in [0.2, 0.25) is 5.02 Å². The smallest absolute Gasteiger partial charge is 0.222 e. The molecule has 3 rings (SSSR count). The lowest BCUT2D eigenvalue weighted by Gasteiger charge is -2.45. The molecule has 2 aromatic rings. The van der Waals surface area contributed by atoms with Gasteiger partial charge in [0.2, 0.25) is 5.79 Å². The molecule has 1 unspecified atom stereocenters. The minimum Gasteiger partial charge on any atom is -0.394 e. The van der Waals surface area contributed by atoms with Crippen LogP contribution in [0.5, 0.6) is 0 Å². The van der Waals surface area contributed by atoms with E-state index in [9.17, 15) is 25.5 Å². The van der Waals surface area contributed by atoms with Crippen LogP contribution in [0.1, 0.15) is 22.3 Å². The minimum atomic E-state index is -2.32. The number of terminal acetylenes is 1. The number of halogens is 1. The van der Waals surface area contributed by atoms with Crippen LogP contribution in [-0.4, -0.2) is 56.6 Å². The minimum absolute atomic E-state index is 0.143. The van der Waals surface area contributed by atoms with Crippen molar-refractivity contribution in [2.75, 3.05) is 6.61 Å². The molecule has 0 bridgehead atoms. The summed E-state index contributed by atoms with van der Waals surface area (Å²) in [5, 5.41) is 51.0. The van der Waals surface area contributed by atoms with Gasteiger partial charge in [-0.25, -0.2) is 0 Å². The van der Waals surface area contributed by atoms with E-state index < -0.39 is 36.8 Å². The number of benzene rings is 2. The quantitative estimate of drug-likeness (QED) is 0.475. The van der Waals surface area contributed by atoms with Crippen molar-refractivity contribution in [3.8, 4) is 12.3 Å². The fourth-order valence-corrected chi connectivity index (χ4v) is 3.45. The molecule has 0 amide bonds. The van der Waals surface area contributed by atoms with Crippen LogP contribution in [0, 0.1) is 12.3 Å². The van der Waals surface area contributed by atoms with Crippen LogP contribution in [0.25, 0.3) is 0 Å². The Bertz CT molecular complexity index is 875. The van der Waals surface area contributed by atoms with E-state index in [0.717, 1.165) is 11.1 Å². The van der Waals surface area contributed by atoms with E-state index in [4.69, 9.17) is 22.8 Å². The second kappa shape index (κ2) is 8.19. The maximum absolute atomic E-state index is 10.9. The number of aliphatic hydroxyl groups is 5. The first kappa shape index (κ1) is 20.8. The molecule has 0 radical (unpaired) electrons. The van der Waals surface area contributed by atoms with Crippen molar-refractivity contribution >= 4 is 11.6 Å².